The summed E-state index contributed by atoms with van der Waals surface area (Å²) in [6.07, 6.45) is 1.72. The summed E-state index contributed by atoms with van der Waals surface area (Å²) in [5, 5.41) is 3.77. The summed E-state index contributed by atoms with van der Waals surface area (Å²) in [6, 6.07) is 7.36. The molecule has 0 aliphatic carbocycles. The lowest BCUT2D eigenvalue weighted by molar-refractivity contribution is -0.125. The van der Waals surface area contributed by atoms with Crippen LogP contribution < -0.4 is 11.1 Å². The van der Waals surface area contributed by atoms with Gasteiger partial charge in [0, 0.05) is 30.2 Å². The fraction of sp³-hybridized carbons (Fsp3) is 0.611. The van der Waals surface area contributed by atoms with E-state index < -0.39 is 6.04 Å². The lowest BCUT2D eigenvalue weighted by Gasteiger charge is -2.38. The van der Waals surface area contributed by atoms with Gasteiger partial charge < -0.3 is 15.8 Å². The van der Waals surface area contributed by atoms with Gasteiger partial charge in [0.05, 0.1) is 6.04 Å². The maximum atomic E-state index is 12.4. The van der Waals surface area contributed by atoms with Crippen LogP contribution >= 0.6 is 11.6 Å². The van der Waals surface area contributed by atoms with Gasteiger partial charge in [0.15, 0.2) is 0 Å². The van der Waals surface area contributed by atoms with Crippen LogP contribution in [0.2, 0.25) is 5.02 Å². The molecule has 23 heavy (non-hydrogen) atoms. The molecular formula is C18H27ClN2O2. The molecule has 1 aromatic carbocycles. The van der Waals surface area contributed by atoms with Crippen LogP contribution in [0.25, 0.3) is 0 Å². The molecule has 0 aromatic heterocycles. The zero-order chi connectivity index (χ0) is 17.1. The van der Waals surface area contributed by atoms with E-state index in [9.17, 15) is 4.79 Å². The van der Waals surface area contributed by atoms with Crippen molar-refractivity contribution in [3.63, 3.8) is 0 Å². The second-order valence-electron chi connectivity index (χ2n) is 7.46. The van der Waals surface area contributed by atoms with Crippen molar-refractivity contribution >= 4 is 17.5 Å². The summed E-state index contributed by atoms with van der Waals surface area (Å²) in [7, 11) is 0. The first-order valence-electron chi connectivity index (χ1n) is 8.12. The highest BCUT2D eigenvalue weighted by atomic mass is 35.5. The van der Waals surface area contributed by atoms with Crippen molar-refractivity contribution in [2.24, 2.45) is 11.1 Å². The number of ether oxygens (including phenoxy) is 1. The molecular weight excluding hydrogens is 312 g/mol. The van der Waals surface area contributed by atoms with E-state index in [0.717, 1.165) is 18.4 Å². The second kappa shape index (κ2) is 7.20. The Morgan fingerprint density at radius 3 is 2.61 bits per heavy atom. The van der Waals surface area contributed by atoms with Crippen molar-refractivity contribution in [2.45, 2.75) is 45.1 Å². The van der Waals surface area contributed by atoms with Gasteiger partial charge in [0.1, 0.15) is 0 Å². The van der Waals surface area contributed by atoms with Crippen LogP contribution in [-0.2, 0) is 14.9 Å². The molecule has 1 heterocycles. The average molecular weight is 339 g/mol. The molecule has 128 valence electrons. The minimum Gasteiger partial charge on any atom is -0.381 e. The first-order chi connectivity index (χ1) is 10.7. The molecule has 1 fully saturated rings. The molecule has 1 aromatic rings. The molecule has 0 saturated carbocycles. The number of benzene rings is 1. The number of carbonyl (C=O) groups excluding carboxylic acids is 1. The van der Waals surface area contributed by atoms with Crippen LogP contribution in [0.1, 0.15) is 39.2 Å². The predicted octanol–water partition coefficient (Wildman–Crippen LogP) is 2.88. The van der Waals surface area contributed by atoms with E-state index >= 15 is 0 Å². The number of nitrogens with two attached hydrogens (primary N) is 1. The zero-order valence-corrected chi connectivity index (χ0v) is 15.0. The lowest BCUT2D eigenvalue weighted by Crippen LogP contribution is -2.52. The molecule has 1 amide bonds. The maximum Gasteiger partial charge on any atom is 0.237 e. The van der Waals surface area contributed by atoms with Crippen molar-refractivity contribution < 1.29 is 9.53 Å². The average Bonchev–Trinajstić information content (AvgIpc) is 2.52. The van der Waals surface area contributed by atoms with Gasteiger partial charge in [-0.3, -0.25) is 4.79 Å². The van der Waals surface area contributed by atoms with Gasteiger partial charge >= 0.3 is 0 Å². The molecule has 1 aliphatic rings. The van der Waals surface area contributed by atoms with Crippen molar-refractivity contribution in [3.8, 4) is 0 Å². The van der Waals surface area contributed by atoms with Crippen molar-refractivity contribution in [1.29, 1.82) is 0 Å². The van der Waals surface area contributed by atoms with Gasteiger partial charge in [0.2, 0.25) is 5.91 Å². The molecule has 0 bridgehead atoms. The molecule has 5 heteroatoms. The van der Waals surface area contributed by atoms with Gasteiger partial charge in [-0.15, -0.1) is 0 Å². The predicted molar refractivity (Wildman–Crippen MR) is 93.6 cm³/mol. The molecule has 1 aliphatic heterocycles. The third-order valence-corrected chi connectivity index (χ3v) is 4.94. The second-order valence-corrected chi connectivity index (χ2v) is 7.90. The molecule has 3 N–H and O–H groups in total. The summed E-state index contributed by atoms with van der Waals surface area (Å²) in [5.41, 5.74) is 6.81. The number of hydrogen-bond donors (Lipinski definition) is 2. The number of nitrogens with one attached hydrogen (secondary N) is 1. The van der Waals surface area contributed by atoms with E-state index in [2.05, 4.69) is 11.4 Å². The molecule has 4 nitrogen and oxygen atoms in total. The van der Waals surface area contributed by atoms with Crippen LogP contribution in [0.5, 0.6) is 0 Å². The third kappa shape index (κ3) is 4.46. The summed E-state index contributed by atoms with van der Waals surface area (Å²) in [6.45, 7) is 7.84. The van der Waals surface area contributed by atoms with E-state index in [0.29, 0.717) is 24.8 Å². The van der Waals surface area contributed by atoms with Crippen molar-refractivity contribution in [3.05, 3.63) is 34.9 Å². The van der Waals surface area contributed by atoms with Gasteiger partial charge in [-0.05, 0) is 36.0 Å². The molecule has 0 spiro atoms. The van der Waals surface area contributed by atoms with E-state index in [1.54, 1.807) is 0 Å². The highest BCUT2D eigenvalue weighted by Gasteiger charge is 2.36. The number of hydrogen-bond acceptors (Lipinski definition) is 3. The van der Waals surface area contributed by atoms with Gasteiger partial charge in [0.25, 0.3) is 0 Å². The highest BCUT2D eigenvalue weighted by Crippen LogP contribution is 2.35. The molecule has 0 unspecified atom stereocenters. The monoisotopic (exact) mass is 338 g/mol. The van der Waals surface area contributed by atoms with Crippen molar-refractivity contribution in [2.75, 3.05) is 19.8 Å². The standard InChI is InChI=1S/C18H27ClN2O2/c1-17(2,3)15(20)16(22)21-12-18(7-9-23-10-8-18)13-5-4-6-14(19)11-13/h4-6,11,15H,7-10,12,20H2,1-3H3,(H,21,22)/t15-/m1/s1. The third-order valence-electron chi connectivity index (χ3n) is 4.70. The van der Waals surface area contributed by atoms with Crippen LogP contribution in [0.4, 0.5) is 0 Å². The Hall–Kier alpha value is -1.10. The van der Waals surface area contributed by atoms with E-state index in [-0.39, 0.29) is 16.7 Å². The summed E-state index contributed by atoms with van der Waals surface area (Å²) in [5.74, 6) is -0.106. The minimum atomic E-state index is -0.529. The van der Waals surface area contributed by atoms with Gasteiger partial charge in [-0.1, -0.05) is 44.5 Å². The molecule has 1 atom stereocenters. The quantitative estimate of drug-likeness (QED) is 0.887. The smallest absolute Gasteiger partial charge is 0.237 e. The Morgan fingerprint density at radius 1 is 1.39 bits per heavy atom. The largest absolute Gasteiger partial charge is 0.381 e. The van der Waals surface area contributed by atoms with Gasteiger partial charge in [-0.2, -0.15) is 0 Å². The Morgan fingerprint density at radius 2 is 2.04 bits per heavy atom. The Labute approximate surface area is 143 Å². The Bertz CT molecular complexity index is 548. The maximum absolute atomic E-state index is 12.4. The normalized spacial score (nSPS) is 19.2. The SMILES string of the molecule is CC(C)(C)[C@H](N)C(=O)NCC1(c2cccc(Cl)c2)CCOCC1. The fourth-order valence-corrected chi connectivity index (χ4v) is 3.10. The van der Waals surface area contributed by atoms with Gasteiger partial charge in [-0.25, -0.2) is 0 Å². The molecule has 1 saturated heterocycles. The van der Waals surface area contributed by atoms with Crippen LogP contribution in [0.15, 0.2) is 24.3 Å². The van der Waals surface area contributed by atoms with Crippen molar-refractivity contribution in [1.82, 2.24) is 5.32 Å². The highest BCUT2D eigenvalue weighted by molar-refractivity contribution is 6.30. The number of rotatable bonds is 4. The Kier molecular flexibility index (Phi) is 5.71. The lowest BCUT2D eigenvalue weighted by atomic mass is 9.74. The first-order valence-corrected chi connectivity index (χ1v) is 8.49. The zero-order valence-electron chi connectivity index (χ0n) is 14.2. The van der Waals surface area contributed by atoms with Crippen LogP contribution in [-0.4, -0.2) is 31.7 Å². The molecule has 2 rings (SSSR count). The molecule has 0 radical (unpaired) electrons. The van der Waals surface area contributed by atoms with E-state index in [1.807, 2.05) is 39.0 Å². The fourth-order valence-electron chi connectivity index (χ4n) is 2.91. The summed E-state index contributed by atoms with van der Waals surface area (Å²) >= 11 is 6.16. The first kappa shape index (κ1) is 18.2. The number of halogens is 1. The topological polar surface area (TPSA) is 64.4 Å². The Balaban J connectivity index is 2.15. The van der Waals surface area contributed by atoms with Crippen LogP contribution in [0, 0.1) is 5.41 Å². The summed E-state index contributed by atoms with van der Waals surface area (Å²) < 4.78 is 5.51. The van der Waals surface area contributed by atoms with Crippen LogP contribution in [0.3, 0.4) is 0 Å². The minimum absolute atomic E-state index is 0.106. The number of carbonyl (C=O) groups is 1. The van der Waals surface area contributed by atoms with E-state index in [4.69, 9.17) is 22.1 Å². The number of amides is 1. The summed E-state index contributed by atoms with van der Waals surface area (Å²) in [4.78, 5) is 12.4. The van der Waals surface area contributed by atoms with E-state index in [1.165, 1.54) is 0 Å².